The van der Waals surface area contributed by atoms with Gasteiger partial charge >= 0.3 is 0 Å². The average molecular weight is 290 g/mol. The normalized spacial score (nSPS) is 32.9. The molecule has 1 aromatic rings. The first-order valence-corrected chi connectivity index (χ1v) is 7.48. The van der Waals surface area contributed by atoms with Crippen molar-refractivity contribution in [3.63, 3.8) is 0 Å². The third kappa shape index (κ3) is 1.67. The number of anilines is 1. The van der Waals surface area contributed by atoms with Gasteiger partial charge in [0.2, 0.25) is 0 Å². The predicted molar refractivity (Wildman–Crippen MR) is 82.5 cm³/mol. The Balaban J connectivity index is 1.96. The molecule has 106 valence electrons. The number of ketones is 1. The van der Waals surface area contributed by atoms with E-state index < -0.39 is 0 Å². The summed E-state index contributed by atoms with van der Waals surface area (Å²) in [5.74, 6) is 0.602. The van der Waals surface area contributed by atoms with Gasteiger partial charge in [-0.25, -0.2) is 0 Å². The Bertz CT molecular complexity index is 578. The molecule has 2 fully saturated rings. The summed E-state index contributed by atoms with van der Waals surface area (Å²) in [4.78, 5) is 12.7. The number of nitrogens with zero attached hydrogens (tertiary/aromatic N) is 1. The summed E-state index contributed by atoms with van der Waals surface area (Å²) < 4.78 is 1.55. The molecule has 2 saturated carbocycles. The first kappa shape index (κ1) is 13.7. The van der Waals surface area contributed by atoms with Crippen LogP contribution < -0.4 is 4.42 Å². The van der Waals surface area contributed by atoms with Crippen molar-refractivity contribution in [2.24, 2.45) is 16.7 Å². The smallest absolute Gasteiger partial charge is 0.167 e. The highest BCUT2D eigenvalue weighted by Gasteiger charge is 2.64. The zero-order valence-electron chi connectivity index (χ0n) is 12.2. The summed E-state index contributed by atoms with van der Waals surface area (Å²) in [6, 6.07) is 9.71. The van der Waals surface area contributed by atoms with Crippen LogP contribution in [0.2, 0.25) is 0 Å². The van der Waals surface area contributed by atoms with Crippen LogP contribution in [0.1, 0.15) is 33.6 Å². The van der Waals surface area contributed by atoms with Crippen LogP contribution in [0.15, 0.2) is 42.1 Å². The molecule has 2 aliphatic carbocycles. The van der Waals surface area contributed by atoms with Gasteiger partial charge in [-0.1, -0.05) is 39.0 Å². The number of allylic oxidation sites excluding steroid dienone is 1. The standard InChI is InChI=1S/C17H20ClNO/c1-16(2)14-9-10-17(16,3)15(20)13(14)11-19(18)12-7-5-4-6-8-12/h4-8,11,14H,9-10H2,1-3H3/b13-11-/t14-,17-/m0/s1. The molecule has 2 nitrogen and oxygen atoms in total. The van der Waals surface area contributed by atoms with Crippen molar-refractivity contribution in [1.29, 1.82) is 0 Å². The minimum absolute atomic E-state index is 0.0321. The Labute approximate surface area is 125 Å². The van der Waals surface area contributed by atoms with Crippen LogP contribution in [0.4, 0.5) is 5.69 Å². The second-order valence-corrected chi connectivity index (χ2v) is 7.07. The minimum atomic E-state index is -0.224. The Morgan fingerprint density at radius 2 is 1.90 bits per heavy atom. The van der Waals surface area contributed by atoms with Gasteiger partial charge in [0.1, 0.15) is 0 Å². The molecule has 20 heavy (non-hydrogen) atoms. The van der Waals surface area contributed by atoms with Crippen molar-refractivity contribution in [3.05, 3.63) is 42.1 Å². The van der Waals surface area contributed by atoms with Crippen molar-refractivity contribution >= 4 is 23.2 Å². The second-order valence-electron chi connectivity index (χ2n) is 6.71. The third-order valence-corrected chi connectivity index (χ3v) is 5.91. The van der Waals surface area contributed by atoms with Gasteiger partial charge in [-0.05, 0) is 36.3 Å². The van der Waals surface area contributed by atoms with Gasteiger partial charge in [0.15, 0.2) is 5.78 Å². The van der Waals surface area contributed by atoms with E-state index in [1.807, 2.05) is 36.5 Å². The number of para-hydroxylation sites is 1. The summed E-state index contributed by atoms with van der Waals surface area (Å²) in [6.45, 7) is 6.53. The van der Waals surface area contributed by atoms with Gasteiger partial charge in [-0.15, -0.1) is 0 Å². The fraction of sp³-hybridized carbons (Fsp3) is 0.471. The van der Waals surface area contributed by atoms with E-state index in [4.69, 9.17) is 11.8 Å². The lowest BCUT2D eigenvalue weighted by molar-refractivity contribution is -0.125. The minimum Gasteiger partial charge on any atom is -0.294 e. The van der Waals surface area contributed by atoms with Gasteiger partial charge < -0.3 is 0 Å². The quantitative estimate of drug-likeness (QED) is 0.588. The third-order valence-electron chi connectivity index (χ3n) is 5.62. The van der Waals surface area contributed by atoms with Gasteiger partial charge in [-0.2, -0.15) is 0 Å². The Hall–Kier alpha value is -1.28. The maximum absolute atomic E-state index is 12.7. The molecule has 3 heteroatoms. The average Bonchev–Trinajstić information content (AvgIpc) is 2.74. The Kier molecular flexibility index (Phi) is 2.98. The molecule has 1 aromatic carbocycles. The van der Waals surface area contributed by atoms with Crippen molar-refractivity contribution in [2.75, 3.05) is 4.42 Å². The summed E-state index contributed by atoms with van der Waals surface area (Å²) in [7, 11) is 0. The van der Waals surface area contributed by atoms with Gasteiger partial charge in [0.05, 0.1) is 5.69 Å². The number of carbonyl (C=O) groups is 1. The van der Waals surface area contributed by atoms with Crippen molar-refractivity contribution in [3.8, 4) is 0 Å². The molecule has 2 bridgehead atoms. The highest BCUT2D eigenvalue weighted by molar-refractivity contribution is 6.27. The molecule has 0 amide bonds. The maximum Gasteiger partial charge on any atom is 0.167 e. The molecule has 2 aliphatic rings. The van der Waals surface area contributed by atoms with Crippen LogP contribution in [0, 0.1) is 16.7 Å². The molecule has 2 atom stereocenters. The lowest BCUT2D eigenvalue weighted by Crippen LogP contribution is -2.32. The fourth-order valence-corrected chi connectivity index (χ4v) is 4.06. The van der Waals surface area contributed by atoms with Crippen LogP contribution in [-0.2, 0) is 4.79 Å². The van der Waals surface area contributed by atoms with Crippen LogP contribution in [0.25, 0.3) is 0 Å². The summed E-state index contributed by atoms with van der Waals surface area (Å²) in [5.41, 5.74) is 1.59. The van der Waals surface area contributed by atoms with Crippen LogP contribution >= 0.6 is 11.8 Å². The van der Waals surface area contributed by atoms with E-state index in [1.165, 1.54) is 0 Å². The number of rotatable bonds is 2. The molecule has 0 spiro atoms. The summed E-state index contributed by atoms with van der Waals surface area (Å²) in [5, 5.41) is 0. The van der Waals surface area contributed by atoms with E-state index in [1.54, 1.807) is 4.42 Å². The van der Waals surface area contributed by atoms with E-state index in [9.17, 15) is 4.79 Å². The zero-order chi connectivity index (χ0) is 14.5. The second kappa shape index (κ2) is 4.36. The number of fused-ring (bicyclic) bond motifs is 2. The molecule has 0 aromatic heterocycles. The SMILES string of the molecule is CC1(C)[C@H]2CC[C@@]1(C)C(=O)/C2=C\N(Cl)c1ccccc1. The van der Waals surface area contributed by atoms with Crippen molar-refractivity contribution < 1.29 is 4.79 Å². The highest BCUT2D eigenvalue weighted by Crippen LogP contribution is 2.65. The Morgan fingerprint density at radius 1 is 1.25 bits per heavy atom. The molecule has 3 rings (SSSR count). The zero-order valence-corrected chi connectivity index (χ0v) is 12.9. The molecular formula is C17H20ClNO. The lowest BCUT2D eigenvalue weighted by Gasteiger charge is -2.31. The molecule has 0 unspecified atom stereocenters. The van der Waals surface area contributed by atoms with Crippen LogP contribution in [0.5, 0.6) is 0 Å². The molecule has 0 radical (unpaired) electrons. The van der Waals surface area contributed by atoms with Crippen molar-refractivity contribution in [1.82, 2.24) is 0 Å². The van der Waals surface area contributed by atoms with Gasteiger partial charge in [0.25, 0.3) is 0 Å². The number of hydrogen-bond acceptors (Lipinski definition) is 2. The number of carbonyl (C=O) groups excluding carboxylic acids is 1. The summed E-state index contributed by atoms with van der Waals surface area (Å²) in [6.07, 6.45) is 3.91. The van der Waals surface area contributed by atoms with Gasteiger partial charge in [-0.3, -0.25) is 9.21 Å². The number of halogens is 1. The largest absolute Gasteiger partial charge is 0.294 e. The number of Topliss-reactive ketones (excluding diaryl/α,β-unsaturated/α-hetero) is 1. The van der Waals surface area contributed by atoms with E-state index in [-0.39, 0.29) is 16.6 Å². The van der Waals surface area contributed by atoms with E-state index in [2.05, 4.69) is 20.8 Å². The molecule has 0 heterocycles. The summed E-state index contributed by atoms with van der Waals surface area (Å²) >= 11 is 6.33. The highest BCUT2D eigenvalue weighted by atomic mass is 35.5. The molecule has 0 N–H and O–H groups in total. The van der Waals surface area contributed by atoms with E-state index >= 15 is 0 Å². The molecular weight excluding hydrogens is 270 g/mol. The monoisotopic (exact) mass is 289 g/mol. The van der Waals surface area contributed by atoms with Crippen molar-refractivity contribution in [2.45, 2.75) is 33.6 Å². The van der Waals surface area contributed by atoms with Crippen LogP contribution in [0.3, 0.4) is 0 Å². The van der Waals surface area contributed by atoms with E-state index in [0.29, 0.717) is 5.92 Å². The van der Waals surface area contributed by atoms with Crippen LogP contribution in [-0.4, -0.2) is 5.78 Å². The number of benzene rings is 1. The lowest BCUT2D eigenvalue weighted by atomic mass is 9.70. The first-order chi connectivity index (χ1) is 9.38. The fourth-order valence-electron chi connectivity index (χ4n) is 3.84. The Morgan fingerprint density at radius 3 is 2.45 bits per heavy atom. The molecule has 0 saturated heterocycles. The van der Waals surface area contributed by atoms with Gasteiger partial charge in [0, 0.05) is 29.0 Å². The van der Waals surface area contributed by atoms with E-state index in [0.717, 1.165) is 24.1 Å². The first-order valence-electron chi connectivity index (χ1n) is 7.14. The number of hydrogen-bond donors (Lipinski definition) is 0. The maximum atomic E-state index is 12.7. The molecule has 0 aliphatic heterocycles. The topological polar surface area (TPSA) is 20.3 Å². The predicted octanol–water partition coefficient (Wildman–Crippen LogP) is 4.56.